The molecule has 0 aliphatic carbocycles. The summed E-state index contributed by atoms with van der Waals surface area (Å²) in [6.45, 7) is -0.0956. The lowest BCUT2D eigenvalue weighted by Gasteiger charge is -2.10. The Balaban J connectivity index is 1.63. The second-order valence-electron chi connectivity index (χ2n) is 5.62. The van der Waals surface area contributed by atoms with Crippen LogP contribution in [0.3, 0.4) is 0 Å². The molecule has 0 saturated heterocycles. The molecule has 3 aromatic rings. The molecule has 3 rings (SSSR count). The van der Waals surface area contributed by atoms with E-state index in [0.29, 0.717) is 5.69 Å². The highest BCUT2D eigenvalue weighted by Crippen LogP contribution is 2.23. The number of rotatable bonds is 5. The zero-order valence-corrected chi connectivity index (χ0v) is 15.0. The molecule has 0 saturated carbocycles. The number of nitrogens with one attached hydrogen (secondary N) is 2. The summed E-state index contributed by atoms with van der Waals surface area (Å²) in [6, 6.07) is 7.34. The Kier molecular flexibility index (Phi) is 4.99. The molecule has 0 fully saturated rings. The number of benzene rings is 1. The molecule has 0 radical (unpaired) electrons. The fourth-order valence-electron chi connectivity index (χ4n) is 2.37. The van der Waals surface area contributed by atoms with Gasteiger partial charge >= 0.3 is 5.69 Å². The number of anilines is 2. The van der Waals surface area contributed by atoms with Crippen molar-refractivity contribution in [2.24, 2.45) is 14.1 Å². The fourth-order valence-corrected chi connectivity index (χ4v) is 3.02. The van der Waals surface area contributed by atoms with E-state index in [9.17, 15) is 14.4 Å². The van der Waals surface area contributed by atoms with Crippen LogP contribution in [0, 0.1) is 0 Å². The van der Waals surface area contributed by atoms with Gasteiger partial charge in [0.2, 0.25) is 5.91 Å². The van der Waals surface area contributed by atoms with Crippen LogP contribution >= 0.6 is 11.3 Å². The summed E-state index contributed by atoms with van der Waals surface area (Å²) in [7, 11) is 2.93. The van der Waals surface area contributed by atoms with E-state index in [1.54, 1.807) is 29.7 Å². The summed E-state index contributed by atoms with van der Waals surface area (Å²) in [6.07, 6.45) is 3.12. The lowest BCUT2D eigenvalue weighted by Crippen LogP contribution is -2.38. The Labute approximate surface area is 152 Å². The molecule has 9 heteroatoms. The largest absolute Gasteiger partial charge is 0.370 e. The van der Waals surface area contributed by atoms with Gasteiger partial charge in [0.15, 0.2) is 0 Å². The van der Waals surface area contributed by atoms with E-state index in [1.807, 2.05) is 17.5 Å². The highest BCUT2D eigenvalue weighted by molar-refractivity contribution is 7.13. The summed E-state index contributed by atoms with van der Waals surface area (Å²) in [5.41, 5.74) is 0.901. The molecule has 0 unspecified atom stereocenters. The van der Waals surface area contributed by atoms with Crippen LogP contribution in [0.1, 0.15) is 0 Å². The summed E-state index contributed by atoms with van der Waals surface area (Å²) in [5.74, 6) is -0.303. The Bertz CT molecular complexity index is 1040. The molecular weight excluding hydrogens is 354 g/mol. The molecule has 0 spiro atoms. The van der Waals surface area contributed by atoms with E-state index in [2.05, 4.69) is 15.6 Å². The molecule has 0 aliphatic rings. The van der Waals surface area contributed by atoms with Crippen LogP contribution < -0.4 is 21.9 Å². The van der Waals surface area contributed by atoms with Crippen LogP contribution in [-0.2, 0) is 18.9 Å². The molecule has 26 heavy (non-hydrogen) atoms. The number of hydrogen-bond donors (Lipinski definition) is 2. The van der Waals surface area contributed by atoms with Crippen LogP contribution in [-0.4, -0.2) is 26.6 Å². The number of aryl methyl sites for hydroxylation is 1. The molecule has 0 bridgehead atoms. The molecular formula is C17H17N5O3S. The van der Waals surface area contributed by atoms with Gasteiger partial charge in [0, 0.05) is 43.1 Å². The maximum atomic E-state index is 12.1. The van der Waals surface area contributed by atoms with Crippen LogP contribution in [0.2, 0.25) is 0 Å². The van der Waals surface area contributed by atoms with Gasteiger partial charge < -0.3 is 15.2 Å². The first-order valence-corrected chi connectivity index (χ1v) is 8.64. The molecule has 2 heterocycles. The highest BCUT2D eigenvalue weighted by Gasteiger charge is 2.09. The quantitative estimate of drug-likeness (QED) is 0.704. The predicted molar refractivity (Wildman–Crippen MR) is 102 cm³/mol. The highest BCUT2D eigenvalue weighted by atomic mass is 32.1. The van der Waals surface area contributed by atoms with Crippen molar-refractivity contribution in [2.75, 3.05) is 17.2 Å². The molecule has 1 amide bonds. The number of hydrogen-bond acceptors (Lipinski definition) is 6. The van der Waals surface area contributed by atoms with Crippen molar-refractivity contribution in [1.29, 1.82) is 0 Å². The minimum atomic E-state index is -0.478. The number of nitrogens with zero attached hydrogens (tertiary/aromatic N) is 3. The molecule has 2 N–H and O–H groups in total. The van der Waals surface area contributed by atoms with E-state index in [1.165, 1.54) is 24.9 Å². The first kappa shape index (κ1) is 17.6. The monoisotopic (exact) mass is 371 g/mol. The Morgan fingerprint density at radius 2 is 1.92 bits per heavy atom. The fraction of sp³-hybridized carbons (Fsp3) is 0.176. The molecule has 2 aromatic heterocycles. The van der Waals surface area contributed by atoms with Crippen molar-refractivity contribution in [1.82, 2.24) is 14.1 Å². The average Bonchev–Trinajstić information content (AvgIpc) is 3.17. The Morgan fingerprint density at radius 1 is 1.19 bits per heavy atom. The van der Waals surface area contributed by atoms with Gasteiger partial charge in [-0.1, -0.05) is 0 Å². The van der Waals surface area contributed by atoms with Gasteiger partial charge in [0.05, 0.1) is 6.54 Å². The van der Waals surface area contributed by atoms with Crippen molar-refractivity contribution < 1.29 is 4.79 Å². The van der Waals surface area contributed by atoms with E-state index in [4.69, 9.17) is 0 Å². The summed E-state index contributed by atoms with van der Waals surface area (Å²) >= 11 is 1.54. The maximum absolute atomic E-state index is 12.1. The topological polar surface area (TPSA) is 98.0 Å². The maximum Gasteiger partial charge on any atom is 0.330 e. The molecule has 134 valence electrons. The summed E-state index contributed by atoms with van der Waals surface area (Å²) in [4.78, 5) is 40.0. The van der Waals surface area contributed by atoms with Gasteiger partial charge in [-0.05, 0) is 24.3 Å². The zero-order chi connectivity index (χ0) is 18.7. The van der Waals surface area contributed by atoms with Crippen LogP contribution in [0.4, 0.5) is 11.4 Å². The van der Waals surface area contributed by atoms with Crippen LogP contribution in [0.25, 0.3) is 10.6 Å². The SMILES string of the molecule is Cn1cc(NCC(=O)Nc2ccc(-c3nccs3)cc2)c(=O)n(C)c1=O. The second-order valence-corrected chi connectivity index (χ2v) is 6.51. The van der Waals surface area contributed by atoms with Crippen molar-refractivity contribution in [3.63, 3.8) is 0 Å². The Morgan fingerprint density at radius 3 is 2.58 bits per heavy atom. The molecule has 8 nitrogen and oxygen atoms in total. The molecule has 1 aromatic carbocycles. The van der Waals surface area contributed by atoms with E-state index >= 15 is 0 Å². The standard InChI is InChI=1S/C17H17N5O3S/c1-21-10-13(16(24)22(2)17(21)25)19-9-14(23)20-12-5-3-11(4-6-12)15-18-7-8-26-15/h3-8,10,19H,9H2,1-2H3,(H,20,23). The minimum absolute atomic E-state index is 0.0956. The lowest BCUT2D eigenvalue weighted by molar-refractivity contribution is -0.114. The van der Waals surface area contributed by atoms with Crippen molar-refractivity contribution in [3.8, 4) is 10.6 Å². The normalized spacial score (nSPS) is 10.5. The number of aromatic nitrogens is 3. The van der Waals surface area contributed by atoms with E-state index in [0.717, 1.165) is 15.1 Å². The zero-order valence-electron chi connectivity index (χ0n) is 14.2. The average molecular weight is 371 g/mol. The van der Waals surface area contributed by atoms with Crippen molar-refractivity contribution in [2.45, 2.75) is 0 Å². The smallest absolute Gasteiger partial charge is 0.330 e. The van der Waals surface area contributed by atoms with E-state index < -0.39 is 11.2 Å². The third kappa shape index (κ3) is 3.72. The van der Waals surface area contributed by atoms with Gasteiger partial charge in [-0.15, -0.1) is 11.3 Å². The first-order chi connectivity index (χ1) is 12.5. The molecule has 0 aliphatic heterocycles. The lowest BCUT2D eigenvalue weighted by atomic mass is 10.2. The van der Waals surface area contributed by atoms with Gasteiger partial charge in [0.1, 0.15) is 10.7 Å². The number of carbonyl (C=O) groups is 1. The summed E-state index contributed by atoms with van der Waals surface area (Å²) < 4.78 is 2.26. The first-order valence-electron chi connectivity index (χ1n) is 7.76. The van der Waals surface area contributed by atoms with Gasteiger partial charge in [-0.25, -0.2) is 9.78 Å². The van der Waals surface area contributed by atoms with Crippen LogP contribution in [0.15, 0.2) is 51.6 Å². The predicted octanol–water partition coefficient (Wildman–Crippen LogP) is 1.26. The van der Waals surface area contributed by atoms with Crippen LogP contribution in [0.5, 0.6) is 0 Å². The van der Waals surface area contributed by atoms with Gasteiger partial charge in [-0.2, -0.15) is 0 Å². The number of amides is 1. The third-order valence-corrected chi connectivity index (χ3v) is 4.56. The van der Waals surface area contributed by atoms with Gasteiger partial charge in [0.25, 0.3) is 5.56 Å². The Hall–Kier alpha value is -3.20. The van der Waals surface area contributed by atoms with Gasteiger partial charge in [-0.3, -0.25) is 14.2 Å². The number of carbonyl (C=O) groups excluding carboxylic acids is 1. The van der Waals surface area contributed by atoms with Crippen molar-refractivity contribution in [3.05, 3.63) is 62.9 Å². The second kappa shape index (κ2) is 7.36. The van der Waals surface area contributed by atoms with Crippen molar-refractivity contribution >= 4 is 28.6 Å². The molecule has 0 atom stereocenters. The third-order valence-electron chi connectivity index (χ3n) is 3.73. The minimum Gasteiger partial charge on any atom is -0.370 e. The van der Waals surface area contributed by atoms with E-state index in [-0.39, 0.29) is 18.1 Å². The summed E-state index contributed by atoms with van der Waals surface area (Å²) in [5, 5.41) is 8.33. The number of thiazole rings is 1.